The average molecular weight is 439 g/mol. The van der Waals surface area contributed by atoms with Crippen LogP contribution in [0, 0.1) is 6.92 Å². The second kappa shape index (κ2) is 9.49. The average Bonchev–Trinajstić information content (AvgIpc) is 3.48. The van der Waals surface area contributed by atoms with Gasteiger partial charge in [-0.05, 0) is 50.1 Å². The van der Waals surface area contributed by atoms with Crippen LogP contribution < -0.4 is 14.4 Å². The van der Waals surface area contributed by atoms with Gasteiger partial charge < -0.3 is 14.2 Å². The highest BCUT2D eigenvalue weighted by molar-refractivity contribution is 7.14. The first-order valence-electron chi connectivity index (χ1n) is 10.3. The first kappa shape index (κ1) is 21.3. The Kier molecular flexibility index (Phi) is 6.53. The number of hydrogen-bond acceptors (Lipinski definition) is 6. The molecule has 1 saturated heterocycles. The molecule has 0 spiro atoms. The van der Waals surface area contributed by atoms with Crippen molar-refractivity contribution in [1.29, 1.82) is 0 Å². The van der Waals surface area contributed by atoms with Gasteiger partial charge in [0.15, 0.2) is 5.13 Å². The number of rotatable bonds is 7. The molecule has 2 heterocycles. The number of hydrogen-bond donors (Lipinski definition) is 0. The Bertz CT molecular complexity index is 1060. The molecule has 6 nitrogen and oxygen atoms in total. The number of aryl methyl sites for hydroxylation is 1. The molecule has 162 valence electrons. The molecule has 1 aliphatic rings. The molecular formula is C24H26N2O4S. The molecule has 1 aliphatic heterocycles. The van der Waals surface area contributed by atoms with Crippen molar-refractivity contribution in [2.45, 2.75) is 25.9 Å². The number of ether oxygens (including phenoxy) is 3. The van der Waals surface area contributed by atoms with Crippen LogP contribution in [0.1, 0.15) is 28.8 Å². The van der Waals surface area contributed by atoms with E-state index in [4.69, 9.17) is 19.2 Å². The van der Waals surface area contributed by atoms with E-state index >= 15 is 0 Å². The van der Waals surface area contributed by atoms with Gasteiger partial charge in [-0.15, -0.1) is 11.3 Å². The summed E-state index contributed by atoms with van der Waals surface area (Å²) in [6, 6.07) is 13.2. The third-order valence-electron chi connectivity index (χ3n) is 5.33. The number of methoxy groups -OCH3 is 2. The van der Waals surface area contributed by atoms with Crippen LogP contribution in [0.2, 0.25) is 0 Å². The number of aromatic nitrogens is 1. The lowest BCUT2D eigenvalue weighted by atomic mass is 10.1. The summed E-state index contributed by atoms with van der Waals surface area (Å²) in [6.45, 7) is 3.20. The topological polar surface area (TPSA) is 60.9 Å². The molecular weight excluding hydrogens is 412 g/mol. The smallest absolute Gasteiger partial charge is 0.260 e. The molecule has 0 radical (unpaired) electrons. The van der Waals surface area contributed by atoms with Gasteiger partial charge in [0.2, 0.25) is 0 Å². The summed E-state index contributed by atoms with van der Waals surface area (Å²) in [5.74, 6) is 1.35. The number of carbonyl (C=O) groups is 1. The lowest BCUT2D eigenvalue weighted by Crippen LogP contribution is -2.37. The maximum Gasteiger partial charge on any atom is 0.260 e. The fourth-order valence-electron chi connectivity index (χ4n) is 3.70. The van der Waals surface area contributed by atoms with E-state index in [1.807, 2.05) is 54.8 Å². The number of anilines is 1. The molecule has 0 aliphatic carbocycles. The van der Waals surface area contributed by atoms with Crippen molar-refractivity contribution in [3.63, 3.8) is 0 Å². The Labute approximate surface area is 186 Å². The highest BCUT2D eigenvalue weighted by Gasteiger charge is 2.27. The second-order valence-electron chi connectivity index (χ2n) is 7.50. The number of thiazole rings is 1. The van der Waals surface area contributed by atoms with Gasteiger partial charge in [-0.1, -0.05) is 17.7 Å². The molecule has 1 amide bonds. The summed E-state index contributed by atoms with van der Waals surface area (Å²) in [6.07, 6.45) is 1.98. The van der Waals surface area contributed by atoms with Gasteiger partial charge in [0.25, 0.3) is 5.91 Å². The molecule has 7 heteroatoms. The van der Waals surface area contributed by atoms with Gasteiger partial charge in [-0.2, -0.15) is 0 Å². The Morgan fingerprint density at radius 1 is 1.23 bits per heavy atom. The Morgan fingerprint density at radius 2 is 2.10 bits per heavy atom. The van der Waals surface area contributed by atoms with E-state index in [0.717, 1.165) is 42.0 Å². The summed E-state index contributed by atoms with van der Waals surface area (Å²) in [5, 5.41) is 2.58. The maximum absolute atomic E-state index is 13.4. The van der Waals surface area contributed by atoms with Crippen molar-refractivity contribution in [3.8, 4) is 22.8 Å². The fourth-order valence-corrected chi connectivity index (χ4v) is 4.53. The van der Waals surface area contributed by atoms with Crippen molar-refractivity contribution in [2.75, 3.05) is 32.3 Å². The predicted molar refractivity (Wildman–Crippen MR) is 122 cm³/mol. The van der Waals surface area contributed by atoms with Crippen molar-refractivity contribution in [3.05, 3.63) is 59.0 Å². The first-order chi connectivity index (χ1) is 15.1. The van der Waals surface area contributed by atoms with Gasteiger partial charge in [-0.25, -0.2) is 4.98 Å². The largest absolute Gasteiger partial charge is 0.497 e. The first-order valence-corrected chi connectivity index (χ1v) is 11.1. The number of amides is 1. The molecule has 4 rings (SSSR count). The van der Waals surface area contributed by atoms with E-state index in [9.17, 15) is 4.79 Å². The van der Waals surface area contributed by atoms with Gasteiger partial charge in [0.05, 0.1) is 32.6 Å². The fraction of sp³-hybridized carbons (Fsp3) is 0.333. The van der Waals surface area contributed by atoms with E-state index in [-0.39, 0.29) is 12.0 Å². The summed E-state index contributed by atoms with van der Waals surface area (Å²) in [5.41, 5.74) is 3.26. The molecule has 1 fully saturated rings. The van der Waals surface area contributed by atoms with E-state index in [0.29, 0.717) is 23.0 Å². The molecule has 2 aromatic carbocycles. The summed E-state index contributed by atoms with van der Waals surface area (Å²) in [7, 11) is 3.26. The SMILES string of the molecule is COc1ccc(OC)c(-c2csc(N(CC3CCCO3)C(=O)c3cccc(C)c3)n2)c1. The summed E-state index contributed by atoms with van der Waals surface area (Å²) in [4.78, 5) is 20.0. The lowest BCUT2D eigenvalue weighted by molar-refractivity contribution is 0.0917. The Balaban J connectivity index is 1.69. The third-order valence-corrected chi connectivity index (χ3v) is 6.19. The lowest BCUT2D eigenvalue weighted by Gasteiger charge is -2.23. The molecule has 1 atom stereocenters. The zero-order chi connectivity index (χ0) is 21.8. The predicted octanol–water partition coefficient (Wildman–Crippen LogP) is 4.96. The minimum Gasteiger partial charge on any atom is -0.497 e. The van der Waals surface area contributed by atoms with Crippen LogP contribution in [0.25, 0.3) is 11.3 Å². The molecule has 0 bridgehead atoms. The number of carbonyl (C=O) groups excluding carboxylic acids is 1. The van der Waals surface area contributed by atoms with E-state index in [1.165, 1.54) is 11.3 Å². The summed E-state index contributed by atoms with van der Waals surface area (Å²) >= 11 is 1.44. The molecule has 1 aromatic heterocycles. The minimum atomic E-state index is -0.0716. The molecule has 0 saturated carbocycles. The van der Waals surface area contributed by atoms with Crippen LogP contribution >= 0.6 is 11.3 Å². The standard InChI is InChI=1S/C24H26N2O4S/c1-16-6-4-7-17(12-16)23(27)26(14-19-8-5-11-30-19)24-25-21(15-31-24)20-13-18(28-2)9-10-22(20)29-3/h4,6-7,9-10,12-13,15,19H,5,8,11,14H2,1-3H3. The van der Waals surface area contributed by atoms with Crippen LogP contribution in [-0.4, -0.2) is 44.4 Å². The maximum atomic E-state index is 13.4. The second-order valence-corrected chi connectivity index (χ2v) is 8.34. The zero-order valence-electron chi connectivity index (χ0n) is 18.0. The zero-order valence-corrected chi connectivity index (χ0v) is 18.8. The molecule has 31 heavy (non-hydrogen) atoms. The molecule has 0 N–H and O–H groups in total. The van der Waals surface area contributed by atoms with Crippen LogP contribution in [-0.2, 0) is 4.74 Å². The van der Waals surface area contributed by atoms with Crippen molar-refractivity contribution in [2.24, 2.45) is 0 Å². The monoisotopic (exact) mass is 438 g/mol. The quantitative estimate of drug-likeness (QED) is 0.522. The number of nitrogens with zero attached hydrogens (tertiary/aromatic N) is 2. The normalized spacial score (nSPS) is 15.6. The van der Waals surface area contributed by atoms with Gasteiger partial charge in [0.1, 0.15) is 11.5 Å². The van der Waals surface area contributed by atoms with Crippen LogP contribution in [0.4, 0.5) is 5.13 Å². The van der Waals surface area contributed by atoms with Crippen LogP contribution in [0.15, 0.2) is 47.8 Å². The van der Waals surface area contributed by atoms with Gasteiger partial charge in [0, 0.05) is 23.1 Å². The minimum absolute atomic E-state index is 0.0208. The van der Waals surface area contributed by atoms with Gasteiger partial charge >= 0.3 is 0 Å². The van der Waals surface area contributed by atoms with Crippen LogP contribution in [0.3, 0.4) is 0 Å². The Hall–Kier alpha value is -2.90. The highest BCUT2D eigenvalue weighted by Crippen LogP contribution is 2.36. The third kappa shape index (κ3) is 4.73. The van der Waals surface area contributed by atoms with E-state index < -0.39 is 0 Å². The molecule has 3 aromatic rings. The Morgan fingerprint density at radius 3 is 2.81 bits per heavy atom. The van der Waals surface area contributed by atoms with Crippen molar-refractivity contribution < 1.29 is 19.0 Å². The highest BCUT2D eigenvalue weighted by atomic mass is 32.1. The van der Waals surface area contributed by atoms with Crippen molar-refractivity contribution in [1.82, 2.24) is 4.98 Å². The van der Waals surface area contributed by atoms with Crippen LogP contribution in [0.5, 0.6) is 11.5 Å². The van der Waals surface area contributed by atoms with E-state index in [2.05, 4.69) is 0 Å². The number of benzene rings is 2. The van der Waals surface area contributed by atoms with E-state index in [1.54, 1.807) is 19.1 Å². The van der Waals surface area contributed by atoms with Crippen molar-refractivity contribution >= 4 is 22.4 Å². The molecule has 1 unspecified atom stereocenters. The van der Waals surface area contributed by atoms with Gasteiger partial charge in [-0.3, -0.25) is 9.69 Å². The summed E-state index contributed by atoms with van der Waals surface area (Å²) < 4.78 is 16.7.